The van der Waals surface area contributed by atoms with Gasteiger partial charge in [-0.05, 0) is 48.0 Å². The number of methoxy groups -OCH3 is 4. The van der Waals surface area contributed by atoms with E-state index in [4.69, 9.17) is 23.7 Å². The van der Waals surface area contributed by atoms with Gasteiger partial charge < -0.3 is 29.0 Å². The lowest BCUT2D eigenvalue weighted by molar-refractivity contribution is -0.118. The van der Waals surface area contributed by atoms with Crippen molar-refractivity contribution < 1.29 is 33.3 Å². The Labute approximate surface area is 204 Å². The van der Waals surface area contributed by atoms with Crippen LogP contribution in [0.4, 0.5) is 5.69 Å². The topological polar surface area (TPSA) is 92.3 Å². The van der Waals surface area contributed by atoms with E-state index >= 15 is 0 Å². The lowest BCUT2D eigenvalue weighted by Crippen LogP contribution is -2.20. The molecule has 0 atom stereocenters. The highest BCUT2D eigenvalue weighted by Crippen LogP contribution is 2.30. The van der Waals surface area contributed by atoms with Crippen LogP contribution in [0, 0.1) is 0 Å². The number of amides is 1. The number of rotatable bonds is 11. The van der Waals surface area contributed by atoms with Gasteiger partial charge in [-0.25, -0.2) is 0 Å². The Morgan fingerprint density at radius 3 is 2.11 bits per heavy atom. The number of hydrogen-bond acceptors (Lipinski definition) is 7. The predicted molar refractivity (Wildman–Crippen MR) is 133 cm³/mol. The fraction of sp³-hybridized carbons (Fsp3) is 0.185. The fourth-order valence-electron chi connectivity index (χ4n) is 3.22. The van der Waals surface area contributed by atoms with Gasteiger partial charge in [-0.15, -0.1) is 0 Å². The third kappa shape index (κ3) is 6.77. The van der Waals surface area contributed by atoms with Crippen molar-refractivity contribution in [3.63, 3.8) is 0 Å². The molecule has 0 saturated carbocycles. The number of nitrogens with one attached hydrogen (secondary N) is 1. The summed E-state index contributed by atoms with van der Waals surface area (Å²) in [5.74, 6) is 2.07. The van der Waals surface area contributed by atoms with E-state index in [1.165, 1.54) is 20.3 Å². The second-order valence-electron chi connectivity index (χ2n) is 7.25. The maximum Gasteiger partial charge on any atom is 0.262 e. The molecule has 0 spiro atoms. The minimum atomic E-state index is -0.359. The van der Waals surface area contributed by atoms with Crippen LogP contribution in [0.25, 0.3) is 6.08 Å². The monoisotopic (exact) mass is 477 g/mol. The van der Waals surface area contributed by atoms with Crippen LogP contribution in [0.15, 0.2) is 66.7 Å². The number of ketones is 1. The van der Waals surface area contributed by atoms with Gasteiger partial charge >= 0.3 is 0 Å². The normalized spacial score (nSPS) is 10.5. The molecule has 0 aromatic heterocycles. The van der Waals surface area contributed by atoms with Gasteiger partial charge in [-0.1, -0.05) is 24.3 Å². The molecular formula is C27H27NO7. The number of allylic oxidation sites excluding steroid dienone is 1. The van der Waals surface area contributed by atoms with Crippen molar-refractivity contribution >= 4 is 23.5 Å². The summed E-state index contributed by atoms with van der Waals surface area (Å²) in [7, 11) is 6.17. The quantitative estimate of drug-likeness (QED) is 0.318. The zero-order valence-corrected chi connectivity index (χ0v) is 20.0. The molecule has 0 bridgehead atoms. The Morgan fingerprint density at radius 2 is 1.43 bits per heavy atom. The molecule has 182 valence electrons. The van der Waals surface area contributed by atoms with E-state index in [-0.39, 0.29) is 18.3 Å². The highest BCUT2D eigenvalue weighted by atomic mass is 16.5. The van der Waals surface area contributed by atoms with E-state index in [2.05, 4.69) is 5.32 Å². The SMILES string of the molecule is COc1ccc(/C=C/C(=O)c2cccc(OCC(=O)Nc3ccc(OC)c(OC)c3)c2)cc1OC. The van der Waals surface area contributed by atoms with Gasteiger partial charge in [0.15, 0.2) is 35.4 Å². The summed E-state index contributed by atoms with van der Waals surface area (Å²) in [5, 5.41) is 2.73. The second-order valence-corrected chi connectivity index (χ2v) is 7.25. The lowest BCUT2D eigenvalue weighted by atomic mass is 10.1. The molecule has 0 fully saturated rings. The molecule has 3 rings (SSSR count). The number of carbonyl (C=O) groups excluding carboxylic acids is 2. The number of anilines is 1. The average molecular weight is 478 g/mol. The third-order valence-electron chi connectivity index (χ3n) is 4.99. The summed E-state index contributed by atoms with van der Waals surface area (Å²) in [4.78, 5) is 25.0. The fourth-order valence-corrected chi connectivity index (χ4v) is 3.22. The molecule has 8 nitrogen and oxygen atoms in total. The Kier molecular flexibility index (Phi) is 8.72. The first-order valence-corrected chi connectivity index (χ1v) is 10.7. The molecule has 8 heteroatoms. The van der Waals surface area contributed by atoms with Crippen LogP contribution >= 0.6 is 0 Å². The molecule has 0 heterocycles. The van der Waals surface area contributed by atoms with Crippen LogP contribution in [0.5, 0.6) is 28.7 Å². The van der Waals surface area contributed by atoms with Crippen molar-refractivity contribution in [2.45, 2.75) is 0 Å². The van der Waals surface area contributed by atoms with Gasteiger partial charge in [0, 0.05) is 17.3 Å². The predicted octanol–water partition coefficient (Wildman–Crippen LogP) is 4.63. The van der Waals surface area contributed by atoms with Crippen LogP contribution in [0.1, 0.15) is 15.9 Å². The number of hydrogen-bond donors (Lipinski definition) is 1. The number of carbonyl (C=O) groups is 2. The summed E-state index contributed by atoms with van der Waals surface area (Å²) in [6.45, 7) is -0.229. The van der Waals surface area contributed by atoms with Gasteiger partial charge in [0.05, 0.1) is 28.4 Å². The van der Waals surface area contributed by atoms with Gasteiger partial charge in [0.2, 0.25) is 0 Å². The highest BCUT2D eigenvalue weighted by Gasteiger charge is 2.10. The lowest BCUT2D eigenvalue weighted by Gasteiger charge is -2.11. The van der Waals surface area contributed by atoms with Gasteiger partial charge in [-0.3, -0.25) is 9.59 Å². The van der Waals surface area contributed by atoms with E-state index < -0.39 is 0 Å². The molecule has 0 aliphatic heterocycles. The molecule has 0 aliphatic rings. The minimum absolute atomic E-state index is 0.208. The van der Waals surface area contributed by atoms with E-state index in [0.29, 0.717) is 40.0 Å². The summed E-state index contributed by atoms with van der Waals surface area (Å²) in [6, 6.07) is 17.1. The Bertz CT molecular complexity index is 1220. The summed E-state index contributed by atoms with van der Waals surface area (Å²) < 4.78 is 26.5. The second kappa shape index (κ2) is 12.1. The van der Waals surface area contributed by atoms with Gasteiger partial charge in [-0.2, -0.15) is 0 Å². The zero-order chi connectivity index (χ0) is 25.2. The molecule has 3 aromatic carbocycles. The van der Waals surface area contributed by atoms with Crippen LogP contribution in [-0.2, 0) is 4.79 Å². The van der Waals surface area contributed by atoms with Gasteiger partial charge in [0.1, 0.15) is 5.75 Å². The molecule has 0 unspecified atom stereocenters. The standard InChI is InChI=1S/C27H27NO7/c1-31-23-12-9-18(14-25(23)33-3)8-11-22(29)19-6-5-7-21(15-19)35-17-27(30)28-20-10-13-24(32-2)26(16-20)34-4/h5-16H,17H2,1-4H3,(H,28,30)/b11-8+. The zero-order valence-electron chi connectivity index (χ0n) is 20.0. The molecule has 0 radical (unpaired) electrons. The Morgan fingerprint density at radius 1 is 0.771 bits per heavy atom. The third-order valence-corrected chi connectivity index (χ3v) is 4.99. The van der Waals surface area contributed by atoms with E-state index in [9.17, 15) is 9.59 Å². The molecule has 1 amide bonds. The van der Waals surface area contributed by atoms with Crippen LogP contribution < -0.4 is 29.0 Å². The molecule has 3 aromatic rings. The molecule has 0 saturated heterocycles. The maximum atomic E-state index is 12.6. The molecule has 0 aliphatic carbocycles. The molecular weight excluding hydrogens is 450 g/mol. The van der Waals surface area contributed by atoms with E-state index in [0.717, 1.165) is 5.56 Å². The minimum Gasteiger partial charge on any atom is -0.493 e. The van der Waals surface area contributed by atoms with E-state index in [1.807, 2.05) is 6.07 Å². The van der Waals surface area contributed by atoms with E-state index in [1.54, 1.807) is 74.9 Å². The highest BCUT2D eigenvalue weighted by molar-refractivity contribution is 6.07. The van der Waals surface area contributed by atoms with Gasteiger partial charge in [0.25, 0.3) is 5.91 Å². The summed E-state index contributed by atoms with van der Waals surface area (Å²) in [5.41, 5.74) is 1.76. The maximum absolute atomic E-state index is 12.6. The van der Waals surface area contributed by atoms with Crippen LogP contribution in [-0.4, -0.2) is 46.7 Å². The first-order chi connectivity index (χ1) is 17.0. The summed E-state index contributed by atoms with van der Waals surface area (Å²) >= 11 is 0. The van der Waals surface area contributed by atoms with Crippen molar-refractivity contribution in [1.29, 1.82) is 0 Å². The van der Waals surface area contributed by atoms with Crippen molar-refractivity contribution in [3.05, 3.63) is 77.9 Å². The molecule has 1 N–H and O–H groups in total. The summed E-state index contributed by atoms with van der Waals surface area (Å²) in [6.07, 6.45) is 3.15. The van der Waals surface area contributed by atoms with Crippen molar-refractivity contribution in [2.24, 2.45) is 0 Å². The first kappa shape index (κ1) is 25.2. The van der Waals surface area contributed by atoms with Crippen LogP contribution in [0.2, 0.25) is 0 Å². The average Bonchev–Trinajstić information content (AvgIpc) is 2.90. The Balaban J connectivity index is 1.60. The molecule has 35 heavy (non-hydrogen) atoms. The van der Waals surface area contributed by atoms with Crippen LogP contribution in [0.3, 0.4) is 0 Å². The van der Waals surface area contributed by atoms with Crippen molar-refractivity contribution in [3.8, 4) is 28.7 Å². The smallest absolute Gasteiger partial charge is 0.262 e. The first-order valence-electron chi connectivity index (χ1n) is 10.7. The van der Waals surface area contributed by atoms with Crippen molar-refractivity contribution in [2.75, 3.05) is 40.4 Å². The largest absolute Gasteiger partial charge is 0.493 e. The number of ether oxygens (including phenoxy) is 5. The Hall–Kier alpha value is -4.46. The van der Waals surface area contributed by atoms with Crippen molar-refractivity contribution in [1.82, 2.24) is 0 Å². The number of benzene rings is 3.